The molecule has 0 saturated carbocycles. The van der Waals surface area contributed by atoms with Crippen LogP contribution in [0.1, 0.15) is 6.04 Å². The van der Waals surface area contributed by atoms with Crippen molar-refractivity contribution in [1.82, 2.24) is 14.8 Å². The molecule has 3 heterocycles. The molecule has 0 radical (unpaired) electrons. The third kappa shape index (κ3) is 4.62. The van der Waals surface area contributed by atoms with Gasteiger partial charge in [0.1, 0.15) is 46.4 Å². The summed E-state index contributed by atoms with van der Waals surface area (Å²) >= 11 is 12.6. The van der Waals surface area contributed by atoms with Crippen LogP contribution in [0.5, 0.6) is 0 Å². The van der Waals surface area contributed by atoms with E-state index in [1.54, 1.807) is 6.07 Å². The SMILES string of the molecule is OC[C@H]1O[C@H](Sc2cncc(Cl)c2)[C@H](O)[C@@H](n2cc(-c3cc(F)c(Cl)c(F)c3)cn2)[C@H]1O. The summed E-state index contributed by atoms with van der Waals surface area (Å²) in [5.41, 5.74) is -0.366. The smallest absolute Gasteiger partial charge is 0.145 e. The van der Waals surface area contributed by atoms with Crippen LogP contribution >= 0.6 is 35.0 Å². The summed E-state index contributed by atoms with van der Waals surface area (Å²) in [6.45, 7) is -0.503. The van der Waals surface area contributed by atoms with Crippen LogP contribution in [0.25, 0.3) is 11.1 Å². The van der Waals surface area contributed by atoms with Gasteiger partial charge in [0.2, 0.25) is 0 Å². The van der Waals surface area contributed by atoms with E-state index in [0.29, 0.717) is 15.5 Å². The minimum Gasteiger partial charge on any atom is -0.394 e. The van der Waals surface area contributed by atoms with E-state index in [0.717, 1.165) is 23.9 Å². The normalized spacial score (nSPS) is 25.8. The number of halogens is 4. The van der Waals surface area contributed by atoms with E-state index in [2.05, 4.69) is 10.1 Å². The molecule has 0 spiro atoms. The van der Waals surface area contributed by atoms with E-state index in [-0.39, 0.29) is 5.56 Å². The van der Waals surface area contributed by atoms with Crippen LogP contribution < -0.4 is 0 Å². The number of pyridine rings is 1. The molecular weight excluding hydrogens is 487 g/mol. The Bertz CT molecular complexity index is 1100. The Morgan fingerprint density at radius 1 is 1.03 bits per heavy atom. The molecule has 0 bridgehead atoms. The van der Waals surface area contributed by atoms with Gasteiger partial charge in [0, 0.05) is 29.0 Å². The lowest BCUT2D eigenvalue weighted by atomic mass is 9.97. The maximum Gasteiger partial charge on any atom is 0.145 e. The Morgan fingerprint density at radius 3 is 2.41 bits per heavy atom. The molecule has 0 amide bonds. The third-order valence-electron chi connectivity index (χ3n) is 5.00. The zero-order chi connectivity index (χ0) is 23.0. The maximum atomic E-state index is 13.9. The van der Waals surface area contributed by atoms with Crippen molar-refractivity contribution in [3.05, 3.63) is 64.7 Å². The number of ether oxygens (including phenoxy) is 1. The van der Waals surface area contributed by atoms with E-state index < -0.39 is 53.1 Å². The topological polar surface area (TPSA) is 101 Å². The quantitative estimate of drug-likeness (QED) is 0.459. The summed E-state index contributed by atoms with van der Waals surface area (Å²) < 4.78 is 34.7. The third-order valence-corrected chi connectivity index (χ3v) is 6.69. The molecule has 1 saturated heterocycles. The molecule has 2 aromatic heterocycles. The van der Waals surface area contributed by atoms with Crippen molar-refractivity contribution in [3.63, 3.8) is 0 Å². The molecule has 1 aliphatic rings. The standard InChI is InChI=1S/C20H17Cl2F2N3O4S/c21-11-3-12(6-25-5-11)32-20-19(30)17(18(29)15(8-28)31-20)27-7-10(4-26-27)9-1-13(23)16(22)14(24)2-9/h1-7,15,17-20,28-30H,8H2/t15-,17+,18+,19-,20-/m1/s1. The van der Waals surface area contributed by atoms with E-state index in [1.807, 2.05) is 0 Å². The molecular formula is C20H17Cl2F2N3O4S. The van der Waals surface area contributed by atoms with Crippen molar-refractivity contribution >= 4 is 35.0 Å². The molecule has 170 valence electrons. The summed E-state index contributed by atoms with van der Waals surface area (Å²) in [5, 5.41) is 35.3. The number of thioether (sulfide) groups is 1. The van der Waals surface area contributed by atoms with Crippen molar-refractivity contribution in [1.29, 1.82) is 0 Å². The second-order valence-electron chi connectivity index (χ2n) is 7.12. The molecule has 1 aliphatic heterocycles. The predicted octanol–water partition coefficient (Wildman–Crippen LogP) is 3.30. The first-order valence-electron chi connectivity index (χ1n) is 9.37. The van der Waals surface area contributed by atoms with Crippen LogP contribution in [-0.4, -0.2) is 60.4 Å². The van der Waals surface area contributed by atoms with E-state index in [1.165, 1.54) is 29.5 Å². The van der Waals surface area contributed by atoms with Gasteiger partial charge >= 0.3 is 0 Å². The molecule has 3 aromatic rings. The second kappa shape index (κ2) is 9.60. The summed E-state index contributed by atoms with van der Waals surface area (Å²) in [5.74, 6) is -1.85. The van der Waals surface area contributed by atoms with Gasteiger partial charge in [-0.3, -0.25) is 9.67 Å². The van der Waals surface area contributed by atoms with Crippen molar-refractivity contribution in [2.45, 2.75) is 34.7 Å². The Morgan fingerprint density at radius 2 is 1.75 bits per heavy atom. The first-order valence-corrected chi connectivity index (χ1v) is 11.0. The Kier molecular flexibility index (Phi) is 7.01. The maximum absolute atomic E-state index is 13.9. The highest BCUT2D eigenvalue weighted by Crippen LogP contribution is 2.39. The molecule has 0 aliphatic carbocycles. The number of aliphatic hydroxyl groups excluding tert-OH is 3. The highest BCUT2D eigenvalue weighted by Gasteiger charge is 2.46. The number of rotatable bonds is 5. The Hall–Kier alpha value is -1.79. The van der Waals surface area contributed by atoms with Crippen molar-refractivity contribution in [2.24, 2.45) is 0 Å². The van der Waals surface area contributed by atoms with Gasteiger partial charge in [-0.25, -0.2) is 8.78 Å². The average molecular weight is 504 g/mol. The van der Waals surface area contributed by atoms with Crippen molar-refractivity contribution in [2.75, 3.05) is 6.61 Å². The highest BCUT2D eigenvalue weighted by atomic mass is 35.5. The number of aliphatic hydroxyl groups is 3. The lowest BCUT2D eigenvalue weighted by Gasteiger charge is -2.42. The number of nitrogens with zero attached hydrogens (tertiary/aromatic N) is 3. The summed E-state index contributed by atoms with van der Waals surface area (Å²) in [4.78, 5) is 4.60. The fourth-order valence-electron chi connectivity index (χ4n) is 3.44. The van der Waals surface area contributed by atoms with Gasteiger partial charge in [0.25, 0.3) is 0 Å². The number of hydrogen-bond donors (Lipinski definition) is 3. The monoisotopic (exact) mass is 503 g/mol. The molecule has 1 aromatic carbocycles. The van der Waals surface area contributed by atoms with Gasteiger partial charge < -0.3 is 20.1 Å². The molecule has 4 rings (SSSR count). The molecule has 32 heavy (non-hydrogen) atoms. The van der Waals surface area contributed by atoms with Crippen molar-refractivity contribution < 1.29 is 28.8 Å². The Labute approximate surface area is 195 Å². The van der Waals surface area contributed by atoms with Crippen LogP contribution in [0.3, 0.4) is 0 Å². The zero-order valence-electron chi connectivity index (χ0n) is 16.1. The lowest BCUT2D eigenvalue weighted by molar-refractivity contribution is -0.178. The molecule has 0 unspecified atom stereocenters. The van der Waals surface area contributed by atoms with E-state index in [4.69, 9.17) is 27.9 Å². The fraction of sp³-hybridized carbons (Fsp3) is 0.300. The van der Waals surface area contributed by atoms with Gasteiger partial charge in [-0.1, -0.05) is 35.0 Å². The van der Waals surface area contributed by atoms with Gasteiger partial charge in [0.05, 0.1) is 17.8 Å². The molecule has 3 N–H and O–H groups in total. The number of aromatic nitrogens is 3. The molecule has 5 atom stereocenters. The summed E-state index contributed by atoms with van der Waals surface area (Å²) in [6.07, 6.45) is 2.19. The van der Waals surface area contributed by atoms with Crippen LogP contribution in [0.15, 0.2) is 47.9 Å². The number of benzene rings is 1. The van der Waals surface area contributed by atoms with Crippen molar-refractivity contribution in [3.8, 4) is 11.1 Å². The highest BCUT2D eigenvalue weighted by molar-refractivity contribution is 7.99. The average Bonchev–Trinajstić information content (AvgIpc) is 3.23. The van der Waals surface area contributed by atoms with Gasteiger partial charge in [0.15, 0.2) is 0 Å². The van der Waals surface area contributed by atoms with E-state index >= 15 is 0 Å². The summed E-state index contributed by atoms with van der Waals surface area (Å²) in [6, 6.07) is 2.75. The molecule has 1 fully saturated rings. The largest absolute Gasteiger partial charge is 0.394 e. The molecule has 12 heteroatoms. The first-order chi connectivity index (χ1) is 15.3. The van der Waals surface area contributed by atoms with Crippen LogP contribution in [0.4, 0.5) is 8.78 Å². The first kappa shape index (κ1) is 23.4. The Balaban J connectivity index is 1.64. The lowest BCUT2D eigenvalue weighted by Crippen LogP contribution is -2.54. The number of hydrogen-bond acceptors (Lipinski definition) is 7. The fourth-order valence-corrected chi connectivity index (χ4v) is 4.87. The summed E-state index contributed by atoms with van der Waals surface area (Å²) in [7, 11) is 0. The van der Waals surface area contributed by atoms with Crippen LogP contribution in [-0.2, 0) is 4.74 Å². The van der Waals surface area contributed by atoms with Gasteiger partial charge in [-0.2, -0.15) is 5.10 Å². The van der Waals surface area contributed by atoms with Gasteiger partial charge in [-0.05, 0) is 23.8 Å². The second-order valence-corrected chi connectivity index (χ2v) is 9.10. The van der Waals surface area contributed by atoms with Crippen LogP contribution in [0, 0.1) is 11.6 Å². The zero-order valence-corrected chi connectivity index (χ0v) is 18.5. The molecule has 7 nitrogen and oxygen atoms in total. The van der Waals surface area contributed by atoms with E-state index in [9.17, 15) is 24.1 Å². The minimum atomic E-state index is -1.31. The van der Waals surface area contributed by atoms with Crippen LogP contribution in [0.2, 0.25) is 10.0 Å². The van der Waals surface area contributed by atoms with Gasteiger partial charge in [-0.15, -0.1) is 0 Å². The minimum absolute atomic E-state index is 0.182. The predicted molar refractivity (Wildman–Crippen MR) is 114 cm³/mol.